The second kappa shape index (κ2) is 11.4. The summed E-state index contributed by atoms with van der Waals surface area (Å²) in [6, 6.07) is 16.0. The topological polar surface area (TPSA) is 50.8 Å². The molecule has 2 aliphatic rings. The molecule has 0 unspecified atom stereocenters. The van der Waals surface area contributed by atoms with Crippen LogP contribution in [-0.4, -0.2) is 49.8 Å². The Labute approximate surface area is 202 Å². The molecule has 1 N–H and O–H groups in total. The predicted molar refractivity (Wildman–Crippen MR) is 133 cm³/mol. The monoisotopic (exact) mass is 470 g/mol. The van der Waals surface area contributed by atoms with Crippen LogP contribution < -0.4 is 10.1 Å². The van der Waals surface area contributed by atoms with Crippen LogP contribution in [-0.2, 0) is 14.9 Å². The Bertz CT molecular complexity index is 912. The number of likely N-dealkylation sites (tertiary alicyclic amines) is 1. The van der Waals surface area contributed by atoms with E-state index >= 15 is 0 Å². The molecule has 2 aromatic rings. The van der Waals surface area contributed by atoms with Crippen LogP contribution in [0.5, 0.6) is 5.75 Å². The van der Waals surface area contributed by atoms with E-state index in [1.165, 1.54) is 25.8 Å². The van der Waals surface area contributed by atoms with Crippen molar-refractivity contribution in [1.82, 2.24) is 4.90 Å². The van der Waals surface area contributed by atoms with E-state index in [1.807, 2.05) is 48.5 Å². The van der Waals surface area contributed by atoms with Crippen molar-refractivity contribution in [2.45, 2.75) is 56.9 Å². The molecular formula is C27H35ClN2O3. The fraction of sp³-hybridized carbons (Fsp3) is 0.519. The normalized spacial score (nSPS) is 20.8. The van der Waals surface area contributed by atoms with E-state index in [0.717, 1.165) is 30.0 Å². The van der Waals surface area contributed by atoms with Gasteiger partial charge in [-0.3, -0.25) is 4.79 Å². The first-order valence-corrected chi connectivity index (χ1v) is 12.6. The van der Waals surface area contributed by atoms with E-state index < -0.39 is 5.41 Å². The molecule has 1 atom stereocenters. The van der Waals surface area contributed by atoms with Crippen LogP contribution in [0.15, 0.2) is 48.5 Å². The van der Waals surface area contributed by atoms with Crippen molar-refractivity contribution in [1.29, 1.82) is 0 Å². The highest BCUT2D eigenvalue weighted by Gasteiger charge is 2.43. The van der Waals surface area contributed by atoms with Crippen LogP contribution in [0.3, 0.4) is 0 Å². The minimum absolute atomic E-state index is 0.0387. The number of hydrogen-bond acceptors (Lipinski definition) is 4. The van der Waals surface area contributed by atoms with Gasteiger partial charge in [-0.05, 0) is 81.5 Å². The summed E-state index contributed by atoms with van der Waals surface area (Å²) in [5.41, 5.74) is 0.944. The van der Waals surface area contributed by atoms with Crippen molar-refractivity contribution in [3.05, 3.63) is 59.1 Å². The van der Waals surface area contributed by atoms with Crippen LogP contribution in [0.25, 0.3) is 0 Å². The molecule has 0 aliphatic carbocycles. The summed E-state index contributed by atoms with van der Waals surface area (Å²) in [6.07, 6.45) is 6.20. The van der Waals surface area contributed by atoms with Crippen molar-refractivity contribution >= 4 is 23.2 Å². The Balaban J connectivity index is 1.33. The molecule has 4 rings (SSSR count). The maximum atomic E-state index is 13.5. The van der Waals surface area contributed by atoms with Crippen LogP contribution in [0, 0.1) is 0 Å². The second-order valence-electron chi connectivity index (χ2n) is 9.24. The molecular weight excluding hydrogens is 436 g/mol. The molecule has 178 valence electrons. The van der Waals surface area contributed by atoms with E-state index in [9.17, 15) is 4.79 Å². The van der Waals surface area contributed by atoms with Gasteiger partial charge in [0.15, 0.2) is 0 Å². The summed E-state index contributed by atoms with van der Waals surface area (Å²) in [5, 5.41) is 3.73. The lowest BCUT2D eigenvalue weighted by molar-refractivity contribution is -0.125. The number of nitrogens with one attached hydrogen (secondary N) is 1. The van der Waals surface area contributed by atoms with Crippen LogP contribution in [0.1, 0.15) is 51.0 Å². The van der Waals surface area contributed by atoms with Gasteiger partial charge in [0.25, 0.3) is 0 Å². The smallest absolute Gasteiger partial charge is 0.235 e. The summed E-state index contributed by atoms with van der Waals surface area (Å²) in [6.45, 7) is 6.40. The highest BCUT2D eigenvalue weighted by molar-refractivity contribution is 6.31. The maximum absolute atomic E-state index is 13.5. The molecule has 0 radical (unpaired) electrons. The number of carbonyl (C=O) groups is 1. The lowest BCUT2D eigenvalue weighted by Gasteiger charge is -2.36. The molecule has 0 spiro atoms. The number of halogens is 1. The minimum atomic E-state index is -0.683. The van der Waals surface area contributed by atoms with Crippen molar-refractivity contribution in [2.24, 2.45) is 0 Å². The maximum Gasteiger partial charge on any atom is 0.235 e. The van der Waals surface area contributed by atoms with Gasteiger partial charge in [0, 0.05) is 36.5 Å². The van der Waals surface area contributed by atoms with Crippen molar-refractivity contribution in [3.8, 4) is 5.75 Å². The lowest BCUT2D eigenvalue weighted by atomic mass is 9.73. The largest absolute Gasteiger partial charge is 0.494 e. The Hall–Kier alpha value is -2.08. The first kappa shape index (κ1) is 24.1. The third kappa shape index (κ3) is 5.89. The molecule has 2 aliphatic heterocycles. The van der Waals surface area contributed by atoms with Gasteiger partial charge < -0.3 is 19.7 Å². The zero-order valence-corrected chi connectivity index (χ0v) is 20.3. The molecule has 2 aromatic carbocycles. The highest BCUT2D eigenvalue weighted by atomic mass is 35.5. The number of ether oxygens (including phenoxy) is 2. The van der Waals surface area contributed by atoms with E-state index in [1.54, 1.807) is 0 Å². The molecule has 6 heteroatoms. The van der Waals surface area contributed by atoms with Crippen molar-refractivity contribution in [3.63, 3.8) is 0 Å². The van der Waals surface area contributed by atoms with Gasteiger partial charge in [0.2, 0.25) is 5.91 Å². The first-order chi connectivity index (χ1) is 16.1. The van der Waals surface area contributed by atoms with Gasteiger partial charge in [-0.2, -0.15) is 0 Å². The zero-order chi connectivity index (χ0) is 23.1. The van der Waals surface area contributed by atoms with Crippen LogP contribution in [0.4, 0.5) is 5.69 Å². The van der Waals surface area contributed by atoms with Gasteiger partial charge in [-0.15, -0.1) is 0 Å². The summed E-state index contributed by atoms with van der Waals surface area (Å²) < 4.78 is 11.5. The molecule has 2 heterocycles. The van der Waals surface area contributed by atoms with E-state index in [2.05, 4.69) is 17.1 Å². The average molecular weight is 471 g/mol. The molecule has 2 saturated heterocycles. The Kier molecular flexibility index (Phi) is 8.29. The summed E-state index contributed by atoms with van der Waals surface area (Å²) in [5.74, 6) is 0.787. The number of nitrogens with zero attached hydrogens (tertiary/aromatic N) is 1. The number of hydrogen-bond donors (Lipinski definition) is 1. The Morgan fingerprint density at radius 3 is 2.64 bits per heavy atom. The van der Waals surface area contributed by atoms with Gasteiger partial charge in [-0.25, -0.2) is 0 Å². The van der Waals surface area contributed by atoms with Crippen molar-refractivity contribution in [2.75, 3.05) is 38.2 Å². The van der Waals surface area contributed by atoms with E-state index in [0.29, 0.717) is 43.7 Å². The third-order valence-electron chi connectivity index (χ3n) is 7.08. The Morgan fingerprint density at radius 1 is 1.15 bits per heavy atom. The predicted octanol–water partition coefficient (Wildman–Crippen LogP) is 5.67. The van der Waals surface area contributed by atoms with E-state index in [-0.39, 0.29) is 5.91 Å². The zero-order valence-electron chi connectivity index (χ0n) is 19.5. The van der Waals surface area contributed by atoms with Crippen LogP contribution >= 0.6 is 11.6 Å². The molecule has 0 saturated carbocycles. The quantitative estimate of drug-likeness (QED) is 0.505. The fourth-order valence-electron chi connectivity index (χ4n) is 5.02. The lowest BCUT2D eigenvalue weighted by Crippen LogP contribution is -2.45. The Morgan fingerprint density at radius 2 is 1.91 bits per heavy atom. The van der Waals surface area contributed by atoms with Crippen molar-refractivity contribution < 1.29 is 14.3 Å². The first-order valence-electron chi connectivity index (χ1n) is 12.2. The molecule has 0 aromatic heterocycles. The average Bonchev–Trinajstić information content (AvgIpc) is 2.84. The standard InChI is InChI=1S/C27H35ClN2O3/c1-21-7-4-5-16-30(21)17-6-18-33-23-12-10-22(11-13-23)29-26(31)27(14-19-32-20-15-27)24-8-2-3-9-25(24)28/h2-3,8-13,21H,4-7,14-20H2,1H3,(H,29,31)/t21-/m1/s1. The van der Waals surface area contributed by atoms with Gasteiger partial charge in [-0.1, -0.05) is 36.2 Å². The number of benzene rings is 2. The fourth-order valence-corrected chi connectivity index (χ4v) is 5.34. The second-order valence-corrected chi connectivity index (χ2v) is 9.64. The van der Waals surface area contributed by atoms with Gasteiger partial charge >= 0.3 is 0 Å². The molecule has 33 heavy (non-hydrogen) atoms. The number of piperidine rings is 1. The number of rotatable bonds is 8. The molecule has 5 nitrogen and oxygen atoms in total. The summed E-state index contributed by atoms with van der Waals surface area (Å²) in [4.78, 5) is 16.0. The summed E-state index contributed by atoms with van der Waals surface area (Å²) >= 11 is 6.49. The third-order valence-corrected chi connectivity index (χ3v) is 7.41. The van der Waals surface area contributed by atoms with Crippen LogP contribution in [0.2, 0.25) is 5.02 Å². The molecule has 0 bridgehead atoms. The minimum Gasteiger partial charge on any atom is -0.494 e. The highest BCUT2D eigenvalue weighted by Crippen LogP contribution is 2.39. The molecule has 1 amide bonds. The number of amides is 1. The SMILES string of the molecule is C[C@@H]1CCCCN1CCCOc1ccc(NC(=O)C2(c3ccccc3Cl)CCOCC2)cc1. The van der Waals surface area contributed by atoms with E-state index in [4.69, 9.17) is 21.1 Å². The number of carbonyl (C=O) groups excluding carboxylic acids is 1. The van der Waals surface area contributed by atoms with Gasteiger partial charge in [0.05, 0.1) is 12.0 Å². The summed E-state index contributed by atoms with van der Waals surface area (Å²) in [7, 11) is 0. The molecule has 2 fully saturated rings. The number of anilines is 1. The van der Waals surface area contributed by atoms with Gasteiger partial charge in [0.1, 0.15) is 5.75 Å².